The molecule has 1 saturated heterocycles. The number of rotatable bonds is 3. The summed E-state index contributed by atoms with van der Waals surface area (Å²) in [5.41, 5.74) is 0. The Hall–Kier alpha value is -1.84. The second-order valence-electron chi connectivity index (χ2n) is 3.44. The molecule has 1 aromatic heterocycles. The van der Waals surface area contributed by atoms with E-state index in [0.717, 1.165) is 10.8 Å². The molecule has 2 N–H and O–H groups in total. The molecule has 0 amide bonds. The van der Waals surface area contributed by atoms with Crippen molar-refractivity contribution in [3.05, 3.63) is 22.5 Å². The quantitative estimate of drug-likeness (QED) is 0.494. The average Bonchev–Trinajstić information content (AvgIpc) is 2.86. The lowest BCUT2D eigenvalue weighted by Gasteiger charge is -2.11. The smallest absolute Gasteiger partial charge is 0.393 e. The van der Waals surface area contributed by atoms with Gasteiger partial charge in [0.2, 0.25) is 6.23 Å². The minimum atomic E-state index is -1.56. The van der Waals surface area contributed by atoms with Crippen LogP contribution in [0.3, 0.4) is 0 Å². The van der Waals surface area contributed by atoms with E-state index < -0.39 is 41.7 Å². The highest BCUT2D eigenvalue weighted by molar-refractivity contribution is 5.89. The summed E-state index contributed by atoms with van der Waals surface area (Å²) in [6.07, 6.45) is -1.58. The van der Waals surface area contributed by atoms with Crippen molar-refractivity contribution in [1.29, 1.82) is 0 Å². The van der Waals surface area contributed by atoms with E-state index in [-0.39, 0.29) is 0 Å². The van der Waals surface area contributed by atoms with Gasteiger partial charge >= 0.3 is 5.95 Å². The topological polar surface area (TPSA) is 128 Å². The number of nitrogens with zero attached hydrogens (tertiary/aromatic N) is 3. The number of aromatic nitrogens is 2. The number of Topliss-reactive ketones (excluding diaryl/α,β-unsaturated/α-hetero) is 1. The summed E-state index contributed by atoms with van der Waals surface area (Å²) < 4.78 is 5.98. The molecule has 92 valence electrons. The Labute approximate surface area is 94.4 Å². The first-order valence-electron chi connectivity index (χ1n) is 4.71. The summed E-state index contributed by atoms with van der Waals surface area (Å²) in [6, 6.07) is 0. The fourth-order valence-electron chi connectivity index (χ4n) is 1.64. The van der Waals surface area contributed by atoms with Crippen LogP contribution in [-0.4, -0.2) is 49.3 Å². The van der Waals surface area contributed by atoms with Crippen LogP contribution in [0.5, 0.6) is 0 Å². The van der Waals surface area contributed by atoms with Gasteiger partial charge in [0.1, 0.15) is 18.5 Å². The van der Waals surface area contributed by atoms with Gasteiger partial charge in [-0.1, -0.05) is 4.98 Å². The van der Waals surface area contributed by atoms with E-state index in [0.29, 0.717) is 0 Å². The van der Waals surface area contributed by atoms with E-state index in [2.05, 4.69) is 4.98 Å². The van der Waals surface area contributed by atoms with Gasteiger partial charge < -0.3 is 25.1 Å². The fourth-order valence-corrected chi connectivity index (χ4v) is 1.64. The Balaban J connectivity index is 2.32. The first-order valence-corrected chi connectivity index (χ1v) is 4.71. The molecular formula is C8H9N3O6. The van der Waals surface area contributed by atoms with Crippen LogP contribution in [0.2, 0.25) is 0 Å². The van der Waals surface area contributed by atoms with Crippen LogP contribution in [0.25, 0.3) is 0 Å². The third kappa shape index (κ3) is 1.79. The van der Waals surface area contributed by atoms with Gasteiger partial charge in [0.05, 0.1) is 6.61 Å². The lowest BCUT2D eigenvalue weighted by molar-refractivity contribution is -0.398. The number of hydrogen-bond donors (Lipinski definition) is 2. The molecule has 2 heterocycles. The molecule has 0 aromatic carbocycles. The molecule has 3 atom stereocenters. The lowest BCUT2D eigenvalue weighted by Crippen LogP contribution is -2.27. The highest BCUT2D eigenvalue weighted by atomic mass is 16.6. The number of hydrogen-bond acceptors (Lipinski definition) is 7. The molecule has 1 aliphatic rings. The van der Waals surface area contributed by atoms with Crippen molar-refractivity contribution in [2.24, 2.45) is 0 Å². The first kappa shape index (κ1) is 11.6. The summed E-state index contributed by atoms with van der Waals surface area (Å²) >= 11 is 0. The molecule has 0 aliphatic carbocycles. The molecule has 1 aliphatic heterocycles. The predicted octanol–water partition coefficient (Wildman–Crippen LogP) is -1.39. The number of carbonyl (C=O) groups is 1. The number of carbonyl (C=O) groups excluding carboxylic acids is 1. The Morgan fingerprint density at radius 3 is 2.88 bits per heavy atom. The first-order chi connectivity index (χ1) is 8.06. The van der Waals surface area contributed by atoms with E-state index in [1.54, 1.807) is 0 Å². The van der Waals surface area contributed by atoms with Gasteiger partial charge in [0, 0.05) is 0 Å². The van der Waals surface area contributed by atoms with Crippen molar-refractivity contribution in [2.75, 3.05) is 6.61 Å². The maximum Gasteiger partial charge on any atom is 0.436 e. The Kier molecular flexibility index (Phi) is 2.88. The van der Waals surface area contributed by atoms with Gasteiger partial charge in [-0.15, -0.1) is 0 Å². The normalized spacial score (nSPS) is 28.6. The second kappa shape index (κ2) is 4.20. The van der Waals surface area contributed by atoms with E-state index in [1.165, 1.54) is 6.20 Å². The zero-order valence-electron chi connectivity index (χ0n) is 8.46. The highest BCUT2D eigenvalue weighted by Gasteiger charge is 2.46. The van der Waals surface area contributed by atoms with Crippen LogP contribution >= 0.6 is 0 Å². The maximum atomic E-state index is 11.4. The zero-order valence-corrected chi connectivity index (χ0v) is 8.46. The summed E-state index contributed by atoms with van der Waals surface area (Å²) in [7, 11) is 0. The summed E-state index contributed by atoms with van der Waals surface area (Å²) in [4.78, 5) is 24.7. The number of ketones is 1. The third-order valence-corrected chi connectivity index (χ3v) is 2.43. The zero-order chi connectivity index (χ0) is 12.6. The van der Waals surface area contributed by atoms with Crippen molar-refractivity contribution in [2.45, 2.75) is 18.4 Å². The van der Waals surface area contributed by atoms with Crippen molar-refractivity contribution in [1.82, 2.24) is 9.55 Å². The number of aliphatic hydroxyl groups is 2. The molecular weight excluding hydrogens is 234 g/mol. The van der Waals surface area contributed by atoms with Crippen molar-refractivity contribution in [3.8, 4) is 0 Å². The SMILES string of the molecule is O=C1[C@@H](O)[C@H](n2ccnc2[N+](=O)[O-])O[C@@H]1CO. The molecule has 17 heavy (non-hydrogen) atoms. The van der Waals surface area contributed by atoms with Crippen LogP contribution in [0.15, 0.2) is 12.4 Å². The van der Waals surface area contributed by atoms with Gasteiger partial charge in [0.25, 0.3) is 0 Å². The molecule has 9 heteroatoms. The summed E-state index contributed by atoms with van der Waals surface area (Å²) in [5, 5.41) is 29.0. The van der Waals surface area contributed by atoms with E-state index in [1.807, 2.05) is 0 Å². The molecule has 9 nitrogen and oxygen atoms in total. The molecule has 0 radical (unpaired) electrons. The number of ether oxygens (including phenoxy) is 1. The fraction of sp³-hybridized carbons (Fsp3) is 0.500. The van der Waals surface area contributed by atoms with Crippen LogP contribution < -0.4 is 0 Å². The number of nitro groups is 1. The van der Waals surface area contributed by atoms with E-state index in [9.17, 15) is 20.0 Å². The maximum absolute atomic E-state index is 11.4. The van der Waals surface area contributed by atoms with Crippen molar-refractivity contribution in [3.63, 3.8) is 0 Å². The standard InChI is InChI=1S/C8H9N3O6/c12-3-4-5(13)6(14)7(17-4)10-2-1-9-8(10)11(15)16/h1-2,4,6-7,12,14H,3H2/t4-,6-,7-/m1/s1. The summed E-state index contributed by atoms with van der Waals surface area (Å²) in [6.45, 7) is -0.588. The van der Waals surface area contributed by atoms with Crippen LogP contribution in [-0.2, 0) is 9.53 Å². The van der Waals surface area contributed by atoms with Gasteiger partial charge in [-0.3, -0.25) is 4.79 Å². The Bertz CT molecular complexity index is 458. The monoisotopic (exact) mass is 243 g/mol. The molecule has 2 rings (SSSR count). The van der Waals surface area contributed by atoms with Gasteiger partial charge in [-0.05, 0) is 4.92 Å². The van der Waals surface area contributed by atoms with Gasteiger partial charge in [0.15, 0.2) is 11.9 Å². The number of imidazole rings is 1. The minimum absolute atomic E-state index is 0.541. The molecule has 1 aromatic rings. The molecule has 0 unspecified atom stereocenters. The van der Waals surface area contributed by atoms with E-state index in [4.69, 9.17) is 9.84 Å². The van der Waals surface area contributed by atoms with Crippen LogP contribution in [0.1, 0.15) is 6.23 Å². The molecule has 0 spiro atoms. The predicted molar refractivity (Wildman–Crippen MR) is 50.9 cm³/mol. The average molecular weight is 243 g/mol. The second-order valence-corrected chi connectivity index (χ2v) is 3.44. The van der Waals surface area contributed by atoms with E-state index >= 15 is 0 Å². The third-order valence-electron chi connectivity index (χ3n) is 2.43. The minimum Gasteiger partial charge on any atom is -0.393 e. The Morgan fingerprint density at radius 1 is 1.65 bits per heavy atom. The molecule has 0 saturated carbocycles. The number of aliphatic hydroxyl groups excluding tert-OH is 2. The van der Waals surface area contributed by atoms with Crippen molar-refractivity contribution < 1.29 is 24.7 Å². The molecule has 1 fully saturated rings. The van der Waals surface area contributed by atoms with Gasteiger partial charge in [-0.25, -0.2) is 0 Å². The molecule has 0 bridgehead atoms. The summed E-state index contributed by atoms with van der Waals surface area (Å²) in [5.74, 6) is -1.25. The largest absolute Gasteiger partial charge is 0.436 e. The Morgan fingerprint density at radius 2 is 2.35 bits per heavy atom. The van der Waals surface area contributed by atoms with Crippen molar-refractivity contribution >= 4 is 11.7 Å². The van der Waals surface area contributed by atoms with Gasteiger partial charge in [-0.2, -0.15) is 4.57 Å². The van der Waals surface area contributed by atoms with Crippen LogP contribution in [0.4, 0.5) is 5.95 Å². The van der Waals surface area contributed by atoms with Crippen LogP contribution in [0, 0.1) is 10.1 Å². The highest BCUT2D eigenvalue weighted by Crippen LogP contribution is 2.28. The lowest BCUT2D eigenvalue weighted by atomic mass is 10.2.